The van der Waals surface area contributed by atoms with Gasteiger partial charge in [-0.2, -0.15) is 0 Å². The van der Waals surface area contributed by atoms with Crippen molar-refractivity contribution in [1.82, 2.24) is 0 Å². The molecule has 1 rings (SSSR count). The predicted molar refractivity (Wildman–Crippen MR) is 121 cm³/mol. The summed E-state index contributed by atoms with van der Waals surface area (Å²) in [7, 11) is 1.40. The summed E-state index contributed by atoms with van der Waals surface area (Å²) in [4.78, 5) is 23.7. The number of hydrogen-bond donors (Lipinski definition) is 0. The normalized spacial score (nSPS) is 18.5. The summed E-state index contributed by atoms with van der Waals surface area (Å²) in [5, 5.41) is 0. The molecule has 1 aliphatic carbocycles. The van der Waals surface area contributed by atoms with E-state index in [1.807, 2.05) is 27.7 Å². The molecule has 0 bridgehead atoms. The van der Waals surface area contributed by atoms with E-state index in [0.29, 0.717) is 12.8 Å². The first kappa shape index (κ1) is 28.6. The van der Waals surface area contributed by atoms with Crippen molar-refractivity contribution in [2.45, 2.75) is 93.9 Å². The number of hydrogen-bond acceptors (Lipinski definition) is 3. The molecule has 0 heterocycles. The number of ether oxygens (including phenoxy) is 1. The Kier molecular flexibility index (Phi) is 17.8. The highest BCUT2D eigenvalue weighted by molar-refractivity contribution is 5.85. The summed E-state index contributed by atoms with van der Waals surface area (Å²) in [5.41, 5.74) is 4.05. The summed E-state index contributed by atoms with van der Waals surface area (Å²) in [6.07, 6.45) is 12.2. The SMILES string of the molecule is CC.CC.COC(=O)C1CC(CC/C=C(\C)CCC=C(C)C)=CCC1C(C)=O. The Balaban J connectivity index is 0. The van der Waals surface area contributed by atoms with Gasteiger partial charge >= 0.3 is 5.97 Å². The monoisotopic (exact) mass is 392 g/mol. The molecular formula is C25H44O3. The number of carbonyl (C=O) groups is 2. The standard InChI is InChI=1S/C21H32O3.2C2H6/c1-15(2)8-6-9-16(3)10-7-11-18-12-13-19(17(4)22)20(14-18)21(23)24-5;2*1-2/h8,10,12,19-20H,6-7,9,11,13-14H2,1-5H3;2*1-2H3/b16-10+;;. The largest absolute Gasteiger partial charge is 0.469 e. The summed E-state index contributed by atoms with van der Waals surface area (Å²) >= 11 is 0. The van der Waals surface area contributed by atoms with Crippen LogP contribution in [0.4, 0.5) is 0 Å². The topological polar surface area (TPSA) is 43.4 Å². The molecule has 0 aromatic heterocycles. The maximum Gasteiger partial charge on any atom is 0.309 e. The van der Waals surface area contributed by atoms with E-state index in [1.165, 1.54) is 23.8 Å². The molecule has 3 nitrogen and oxygen atoms in total. The Labute approximate surface area is 174 Å². The van der Waals surface area contributed by atoms with E-state index in [-0.39, 0.29) is 23.6 Å². The lowest BCUT2D eigenvalue weighted by Crippen LogP contribution is -2.32. The van der Waals surface area contributed by atoms with E-state index in [2.05, 4.69) is 39.0 Å². The van der Waals surface area contributed by atoms with Crippen molar-refractivity contribution >= 4 is 11.8 Å². The van der Waals surface area contributed by atoms with E-state index in [0.717, 1.165) is 25.7 Å². The maximum atomic E-state index is 12.0. The van der Waals surface area contributed by atoms with Crippen molar-refractivity contribution in [3.8, 4) is 0 Å². The number of esters is 1. The van der Waals surface area contributed by atoms with Crippen LogP contribution in [0, 0.1) is 11.8 Å². The second-order valence-corrected chi connectivity index (χ2v) is 7.06. The van der Waals surface area contributed by atoms with Gasteiger partial charge in [-0.3, -0.25) is 9.59 Å². The van der Waals surface area contributed by atoms with E-state index in [9.17, 15) is 9.59 Å². The minimum atomic E-state index is -0.310. The molecular weight excluding hydrogens is 348 g/mol. The van der Waals surface area contributed by atoms with Gasteiger partial charge in [0.15, 0.2) is 0 Å². The van der Waals surface area contributed by atoms with Crippen LogP contribution in [0.1, 0.15) is 93.9 Å². The zero-order valence-electron chi connectivity index (χ0n) is 19.9. The average Bonchev–Trinajstić information content (AvgIpc) is 2.70. The smallest absolute Gasteiger partial charge is 0.309 e. The average molecular weight is 393 g/mol. The first-order valence-corrected chi connectivity index (χ1v) is 10.9. The number of carbonyl (C=O) groups excluding carboxylic acids is 2. The number of methoxy groups -OCH3 is 1. The van der Waals surface area contributed by atoms with E-state index < -0.39 is 0 Å². The molecule has 28 heavy (non-hydrogen) atoms. The van der Waals surface area contributed by atoms with Gasteiger partial charge in [-0.05, 0) is 66.2 Å². The van der Waals surface area contributed by atoms with Gasteiger partial charge in [0.25, 0.3) is 0 Å². The third kappa shape index (κ3) is 11.9. The van der Waals surface area contributed by atoms with E-state index >= 15 is 0 Å². The molecule has 0 aromatic rings. The Morgan fingerprint density at radius 3 is 2.11 bits per heavy atom. The molecule has 0 spiro atoms. The molecule has 0 aliphatic heterocycles. The third-order valence-corrected chi connectivity index (χ3v) is 4.70. The maximum absolute atomic E-state index is 12.0. The van der Waals surface area contributed by atoms with Gasteiger partial charge in [0, 0.05) is 5.92 Å². The molecule has 2 atom stereocenters. The lowest BCUT2D eigenvalue weighted by molar-refractivity contribution is -0.150. The van der Waals surface area contributed by atoms with Gasteiger partial charge in [-0.25, -0.2) is 0 Å². The number of rotatable bonds is 8. The van der Waals surface area contributed by atoms with Crippen LogP contribution in [0.5, 0.6) is 0 Å². The Morgan fingerprint density at radius 2 is 1.61 bits per heavy atom. The summed E-state index contributed by atoms with van der Waals surface area (Å²) in [6.45, 7) is 16.0. The fraction of sp³-hybridized carbons (Fsp3) is 0.680. The number of allylic oxidation sites excluding steroid dienone is 6. The molecule has 162 valence electrons. The van der Waals surface area contributed by atoms with Crippen molar-refractivity contribution in [2.75, 3.05) is 7.11 Å². The molecule has 0 saturated carbocycles. The van der Waals surface area contributed by atoms with Crippen molar-refractivity contribution in [1.29, 1.82) is 0 Å². The van der Waals surface area contributed by atoms with E-state index in [4.69, 9.17) is 4.74 Å². The number of ketones is 1. The molecule has 1 aliphatic rings. The minimum absolute atomic E-state index is 0.0794. The van der Waals surface area contributed by atoms with Crippen molar-refractivity contribution in [3.63, 3.8) is 0 Å². The van der Waals surface area contributed by atoms with Gasteiger partial charge in [0.05, 0.1) is 13.0 Å². The van der Waals surface area contributed by atoms with Crippen LogP contribution >= 0.6 is 0 Å². The lowest BCUT2D eigenvalue weighted by Gasteiger charge is -2.27. The quantitative estimate of drug-likeness (QED) is 0.323. The molecule has 0 fully saturated rings. The zero-order valence-corrected chi connectivity index (χ0v) is 19.9. The summed E-state index contributed by atoms with van der Waals surface area (Å²) in [5.74, 6) is -0.706. The summed E-state index contributed by atoms with van der Waals surface area (Å²) in [6, 6.07) is 0. The highest BCUT2D eigenvalue weighted by Crippen LogP contribution is 2.33. The minimum Gasteiger partial charge on any atom is -0.469 e. The van der Waals surface area contributed by atoms with Crippen molar-refractivity contribution in [3.05, 3.63) is 34.9 Å². The molecule has 0 radical (unpaired) electrons. The van der Waals surface area contributed by atoms with Gasteiger partial charge in [-0.15, -0.1) is 0 Å². The third-order valence-electron chi connectivity index (χ3n) is 4.70. The van der Waals surface area contributed by atoms with Gasteiger partial charge in [0.2, 0.25) is 0 Å². The van der Waals surface area contributed by atoms with Crippen LogP contribution in [-0.2, 0) is 14.3 Å². The Morgan fingerprint density at radius 1 is 1.00 bits per heavy atom. The van der Waals surface area contributed by atoms with Crippen molar-refractivity contribution < 1.29 is 14.3 Å². The Hall–Kier alpha value is -1.64. The first-order valence-electron chi connectivity index (χ1n) is 10.9. The highest BCUT2D eigenvalue weighted by atomic mass is 16.5. The van der Waals surface area contributed by atoms with Crippen LogP contribution in [-0.4, -0.2) is 18.9 Å². The molecule has 0 amide bonds. The lowest BCUT2D eigenvalue weighted by atomic mass is 9.76. The zero-order chi connectivity index (χ0) is 22.1. The molecule has 0 N–H and O–H groups in total. The predicted octanol–water partition coefficient (Wildman–Crippen LogP) is 7.23. The second kappa shape index (κ2) is 17.5. The van der Waals surface area contributed by atoms with Gasteiger partial charge in [-0.1, -0.05) is 62.6 Å². The molecule has 3 heteroatoms. The molecule has 0 saturated heterocycles. The second-order valence-electron chi connectivity index (χ2n) is 7.06. The highest BCUT2D eigenvalue weighted by Gasteiger charge is 2.34. The van der Waals surface area contributed by atoms with Crippen molar-refractivity contribution in [2.24, 2.45) is 11.8 Å². The number of Topliss-reactive ketones (excluding diaryl/α,β-unsaturated/α-hetero) is 1. The molecule has 2 unspecified atom stereocenters. The molecule has 0 aromatic carbocycles. The first-order chi connectivity index (χ1) is 13.3. The van der Waals surface area contributed by atoms with Gasteiger partial charge < -0.3 is 4.74 Å². The van der Waals surface area contributed by atoms with Crippen LogP contribution in [0.3, 0.4) is 0 Å². The van der Waals surface area contributed by atoms with Crippen LogP contribution in [0.15, 0.2) is 34.9 Å². The van der Waals surface area contributed by atoms with E-state index in [1.54, 1.807) is 6.92 Å². The van der Waals surface area contributed by atoms with Crippen LogP contribution in [0.2, 0.25) is 0 Å². The fourth-order valence-corrected chi connectivity index (χ4v) is 3.21. The van der Waals surface area contributed by atoms with Crippen LogP contribution in [0.25, 0.3) is 0 Å². The summed E-state index contributed by atoms with van der Waals surface area (Å²) < 4.78 is 4.89. The Bertz CT molecular complexity index is 534. The van der Waals surface area contributed by atoms with Crippen LogP contribution < -0.4 is 0 Å². The fourth-order valence-electron chi connectivity index (χ4n) is 3.21. The van der Waals surface area contributed by atoms with Gasteiger partial charge in [0.1, 0.15) is 5.78 Å².